The molecular formula is C11H23IN4O2. The number of ether oxygens (including phenoxy) is 1. The Kier molecular flexibility index (Phi) is 9.08. The normalized spacial score (nSPS) is 21.8. The van der Waals surface area contributed by atoms with Crippen LogP contribution in [0.4, 0.5) is 0 Å². The maximum Gasteiger partial charge on any atom is 0.239 e. The highest BCUT2D eigenvalue weighted by atomic mass is 127. The van der Waals surface area contributed by atoms with Crippen LogP contribution in [0.5, 0.6) is 0 Å². The Morgan fingerprint density at radius 1 is 1.44 bits per heavy atom. The molecule has 2 atom stereocenters. The number of nitrogens with one attached hydrogen (secondary N) is 3. The van der Waals surface area contributed by atoms with Crippen LogP contribution < -0.4 is 16.0 Å². The van der Waals surface area contributed by atoms with Crippen molar-refractivity contribution in [3.8, 4) is 0 Å². The lowest BCUT2D eigenvalue weighted by molar-refractivity contribution is -0.120. The Bertz CT molecular complexity index is 286. The third kappa shape index (κ3) is 7.00. The Hall–Kier alpha value is -0.570. The van der Waals surface area contributed by atoms with E-state index in [0.29, 0.717) is 31.1 Å². The van der Waals surface area contributed by atoms with Gasteiger partial charge >= 0.3 is 0 Å². The number of hydrogen-bond acceptors (Lipinski definition) is 3. The number of halogens is 1. The number of carbonyl (C=O) groups is 1. The topological polar surface area (TPSA) is 74.8 Å². The lowest BCUT2D eigenvalue weighted by Crippen LogP contribution is -2.44. The molecule has 1 saturated carbocycles. The van der Waals surface area contributed by atoms with Crippen LogP contribution in [0.25, 0.3) is 0 Å². The standard InChI is InChI=1S/C11H22N4O2.HI/c1-8-6-9(8)15-11(12-2)14-7-10(16)13-4-5-17-3;/h8-9H,4-7H2,1-3H3,(H,13,16)(H2,12,14,15);1H. The molecule has 0 bridgehead atoms. The zero-order valence-corrected chi connectivity index (χ0v) is 13.5. The summed E-state index contributed by atoms with van der Waals surface area (Å²) in [6, 6.07) is 0.498. The predicted octanol–water partition coefficient (Wildman–Crippen LogP) is -0.0596. The minimum atomic E-state index is -0.0613. The van der Waals surface area contributed by atoms with Crippen LogP contribution in [0, 0.1) is 5.92 Å². The Morgan fingerprint density at radius 2 is 2.11 bits per heavy atom. The number of hydrogen-bond donors (Lipinski definition) is 3. The van der Waals surface area contributed by atoms with E-state index in [9.17, 15) is 4.79 Å². The first-order valence-electron chi connectivity index (χ1n) is 5.90. The van der Waals surface area contributed by atoms with Crippen LogP contribution >= 0.6 is 24.0 Å². The first-order chi connectivity index (χ1) is 8.17. The summed E-state index contributed by atoms with van der Waals surface area (Å²) < 4.78 is 4.84. The molecule has 7 heteroatoms. The van der Waals surface area contributed by atoms with Crippen LogP contribution in [-0.2, 0) is 9.53 Å². The summed E-state index contributed by atoms with van der Waals surface area (Å²) in [5.41, 5.74) is 0. The molecule has 0 spiro atoms. The largest absolute Gasteiger partial charge is 0.383 e. The minimum Gasteiger partial charge on any atom is -0.383 e. The maximum atomic E-state index is 11.4. The van der Waals surface area contributed by atoms with Gasteiger partial charge in [-0.05, 0) is 12.3 Å². The van der Waals surface area contributed by atoms with E-state index in [2.05, 4.69) is 27.9 Å². The Labute approximate surface area is 125 Å². The third-order valence-corrected chi connectivity index (χ3v) is 2.70. The van der Waals surface area contributed by atoms with Crippen molar-refractivity contribution in [2.75, 3.05) is 33.9 Å². The fraction of sp³-hybridized carbons (Fsp3) is 0.818. The number of amides is 1. The average Bonchev–Trinajstić information content (AvgIpc) is 3.00. The predicted molar refractivity (Wildman–Crippen MR) is 82.4 cm³/mol. The molecule has 0 aromatic carbocycles. The molecule has 2 unspecified atom stereocenters. The van der Waals surface area contributed by atoms with Gasteiger partial charge in [0.1, 0.15) is 0 Å². The SMILES string of the molecule is CN=C(NCC(=O)NCCOC)NC1CC1C.I. The van der Waals surface area contributed by atoms with Gasteiger partial charge in [0.15, 0.2) is 5.96 Å². The van der Waals surface area contributed by atoms with Gasteiger partial charge in [-0.3, -0.25) is 9.79 Å². The quantitative estimate of drug-likeness (QED) is 0.265. The summed E-state index contributed by atoms with van der Waals surface area (Å²) in [6.45, 7) is 3.47. The summed E-state index contributed by atoms with van der Waals surface area (Å²) in [4.78, 5) is 15.5. The second-order valence-corrected chi connectivity index (χ2v) is 4.23. The van der Waals surface area contributed by atoms with Gasteiger partial charge in [0.2, 0.25) is 5.91 Å². The van der Waals surface area contributed by atoms with E-state index in [0.717, 1.165) is 0 Å². The van der Waals surface area contributed by atoms with Crippen LogP contribution in [0.3, 0.4) is 0 Å². The molecule has 6 nitrogen and oxygen atoms in total. The van der Waals surface area contributed by atoms with Gasteiger partial charge < -0.3 is 20.7 Å². The highest BCUT2D eigenvalue weighted by Crippen LogP contribution is 2.28. The van der Waals surface area contributed by atoms with Gasteiger partial charge in [-0.1, -0.05) is 6.92 Å². The molecule has 106 valence electrons. The number of carbonyl (C=O) groups excluding carboxylic acids is 1. The fourth-order valence-corrected chi connectivity index (χ4v) is 1.41. The molecule has 0 aromatic heterocycles. The van der Waals surface area contributed by atoms with Crippen LogP contribution in [0.15, 0.2) is 4.99 Å². The first-order valence-corrected chi connectivity index (χ1v) is 5.90. The number of rotatable bonds is 6. The molecule has 3 N–H and O–H groups in total. The summed E-state index contributed by atoms with van der Waals surface area (Å²) in [5.74, 6) is 1.32. The van der Waals surface area contributed by atoms with E-state index < -0.39 is 0 Å². The van der Waals surface area contributed by atoms with Crippen molar-refractivity contribution in [1.82, 2.24) is 16.0 Å². The van der Waals surface area contributed by atoms with Crippen molar-refractivity contribution in [2.24, 2.45) is 10.9 Å². The molecule has 0 radical (unpaired) electrons. The number of aliphatic imine (C=N–C) groups is 1. The molecule has 1 fully saturated rings. The van der Waals surface area contributed by atoms with E-state index in [1.165, 1.54) is 6.42 Å². The van der Waals surface area contributed by atoms with E-state index in [4.69, 9.17) is 4.74 Å². The molecule has 0 heterocycles. The molecule has 1 rings (SSSR count). The zero-order valence-electron chi connectivity index (χ0n) is 11.2. The summed E-state index contributed by atoms with van der Waals surface area (Å²) >= 11 is 0. The van der Waals surface area contributed by atoms with E-state index in [1.54, 1.807) is 14.2 Å². The van der Waals surface area contributed by atoms with Gasteiger partial charge in [0.25, 0.3) is 0 Å². The smallest absolute Gasteiger partial charge is 0.239 e. The van der Waals surface area contributed by atoms with Crippen molar-refractivity contribution in [3.63, 3.8) is 0 Å². The lowest BCUT2D eigenvalue weighted by atomic mass is 10.5. The van der Waals surface area contributed by atoms with Gasteiger partial charge in [-0.25, -0.2) is 0 Å². The molecule has 0 saturated heterocycles. The number of nitrogens with zero attached hydrogens (tertiary/aromatic N) is 1. The Balaban J connectivity index is 0.00000289. The summed E-state index contributed by atoms with van der Waals surface area (Å²) in [5, 5.41) is 8.95. The van der Waals surface area contributed by atoms with E-state index in [1.807, 2.05) is 0 Å². The molecule has 0 aromatic rings. The Morgan fingerprint density at radius 3 is 2.61 bits per heavy atom. The summed E-state index contributed by atoms with van der Waals surface area (Å²) in [7, 11) is 3.30. The van der Waals surface area contributed by atoms with Gasteiger partial charge in [-0.15, -0.1) is 24.0 Å². The van der Waals surface area contributed by atoms with Crippen LogP contribution in [0.1, 0.15) is 13.3 Å². The molecular weight excluding hydrogens is 347 g/mol. The third-order valence-electron chi connectivity index (χ3n) is 2.70. The number of methoxy groups -OCH3 is 1. The van der Waals surface area contributed by atoms with E-state index >= 15 is 0 Å². The monoisotopic (exact) mass is 370 g/mol. The molecule has 1 aliphatic rings. The number of guanidine groups is 1. The molecule has 18 heavy (non-hydrogen) atoms. The van der Waals surface area contributed by atoms with Gasteiger partial charge in [0, 0.05) is 26.7 Å². The summed E-state index contributed by atoms with van der Waals surface area (Å²) in [6.07, 6.45) is 1.17. The van der Waals surface area contributed by atoms with Crippen molar-refractivity contribution >= 4 is 35.8 Å². The van der Waals surface area contributed by atoms with Crippen molar-refractivity contribution < 1.29 is 9.53 Å². The van der Waals surface area contributed by atoms with Crippen molar-refractivity contribution in [3.05, 3.63) is 0 Å². The van der Waals surface area contributed by atoms with Crippen molar-refractivity contribution in [2.45, 2.75) is 19.4 Å². The van der Waals surface area contributed by atoms with Gasteiger partial charge in [0.05, 0.1) is 13.2 Å². The van der Waals surface area contributed by atoms with Crippen molar-refractivity contribution in [1.29, 1.82) is 0 Å². The zero-order chi connectivity index (χ0) is 12.7. The molecule has 1 aliphatic carbocycles. The van der Waals surface area contributed by atoms with Crippen LogP contribution in [-0.4, -0.2) is 51.8 Å². The fourth-order valence-electron chi connectivity index (χ4n) is 1.41. The lowest BCUT2D eigenvalue weighted by Gasteiger charge is -2.11. The minimum absolute atomic E-state index is 0. The molecule has 1 amide bonds. The van der Waals surface area contributed by atoms with Gasteiger partial charge in [-0.2, -0.15) is 0 Å². The van der Waals surface area contributed by atoms with Crippen LogP contribution in [0.2, 0.25) is 0 Å². The maximum absolute atomic E-state index is 11.4. The average molecular weight is 370 g/mol. The molecule has 0 aliphatic heterocycles. The highest BCUT2D eigenvalue weighted by molar-refractivity contribution is 14.0. The highest BCUT2D eigenvalue weighted by Gasteiger charge is 2.33. The van der Waals surface area contributed by atoms with E-state index in [-0.39, 0.29) is 36.4 Å². The second kappa shape index (κ2) is 9.37. The first kappa shape index (κ1) is 17.4. The second-order valence-electron chi connectivity index (χ2n) is 4.23.